The van der Waals surface area contributed by atoms with Crippen molar-refractivity contribution in [3.05, 3.63) is 57.4 Å². The first-order chi connectivity index (χ1) is 13.1. The normalized spacial score (nSPS) is 17.2. The van der Waals surface area contributed by atoms with Gasteiger partial charge in [-0.2, -0.15) is 0 Å². The lowest BCUT2D eigenvalue weighted by atomic mass is 9.95. The van der Waals surface area contributed by atoms with Crippen molar-refractivity contribution in [1.29, 1.82) is 0 Å². The molecule has 1 aliphatic rings. The number of aryl methyl sites for hydroxylation is 2. The molecule has 1 unspecified atom stereocenters. The van der Waals surface area contributed by atoms with Gasteiger partial charge in [0, 0.05) is 29.8 Å². The van der Waals surface area contributed by atoms with Crippen LogP contribution in [-0.2, 0) is 0 Å². The van der Waals surface area contributed by atoms with Crippen LogP contribution in [-0.4, -0.2) is 30.2 Å². The molecule has 4 rings (SSSR count). The summed E-state index contributed by atoms with van der Waals surface area (Å²) < 4.78 is 5.60. The third kappa shape index (κ3) is 3.35. The number of rotatable bonds is 3. The molecule has 0 saturated carbocycles. The Balaban J connectivity index is 1.86. The molecule has 27 heavy (non-hydrogen) atoms. The van der Waals surface area contributed by atoms with Crippen molar-refractivity contribution in [2.24, 2.45) is 0 Å². The Morgan fingerprint density at radius 2 is 2.04 bits per heavy atom. The van der Waals surface area contributed by atoms with Crippen molar-refractivity contribution in [2.45, 2.75) is 32.6 Å². The number of H-pyrrole nitrogens is 1. The summed E-state index contributed by atoms with van der Waals surface area (Å²) in [6, 6.07) is 9.63. The first kappa shape index (κ1) is 17.7. The molecule has 5 heteroatoms. The van der Waals surface area contributed by atoms with Gasteiger partial charge in [-0.3, -0.25) is 4.79 Å². The van der Waals surface area contributed by atoms with Gasteiger partial charge in [-0.25, -0.2) is 4.98 Å². The molecule has 0 amide bonds. The minimum absolute atomic E-state index is 0.0240. The molecule has 3 heterocycles. The second kappa shape index (κ2) is 7.16. The number of nitrogens with one attached hydrogen (secondary N) is 2. The van der Waals surface area contributed by atoms with Crippen LogP contribution < -0.4 is 15.5 Å². The van der Waals surface area contributed by atoms with Gasteiger partial charge in [0.05, 0.1) is 18.2 Å². The molecule has 1 saturated heterocycles. The average Bonchev–Trinajstić information content (AvgIpc) is 2.67. The van der Waals surface area contributed by atoms with E-state index in [0.29, 0.717) is 17.0 Å². The van der Waals surface area contributed by atoms with Crippen molar-refractivity contribution in [1.82, 2.24) is 15.3 Å². The molecule has 0 spiro atoms. The molecule has 0 aliphatic carbocycles. The van der Waals surface area contributed by atoms with Crippen LogP contribution in [0.3, 0.4) is 0 Å². The van der Waals surface area contributed by atoms with Crippen molar-refractivity contribution in [3.63, 3.8) is 0 Å². The van der Waals surface area contributed by atoms with E-state index in [1.54, 1.807) is 13.2 Å². The summed E-state index contributed by atoms with van der Waals surface area (Å²) in [6.45, 7) is 6.05. The lowest BCUT2D eigenvalue weighted by Gasteiger charge is -2.23. The van der Waals surface area contributed by atoms with Gasteiger partial charge in [0.15, 0.2) is 5.43 Å². The Morgan fingerprint density at radius 3 is 2.78 bits per heavy atom. The van der Waals surface area contributed by atoms with E-state index in [-0.39, 0.29) is 5.43 Å². The molecule has 3 aromatic rings. The SMILES string of the molecule is COc1cc(C)cc(C)c1-c1ccc2c(=O)cc(C3CCCNC3)[nH]c2n1. The number of aromatic amines is 1. The summed E-state index contributed by atoms with van der Waals surface area (Å²) in [4.78, 5) is 20.8. The first-order valence-corrected chi connectivity index (χ1v) is 9.47. The van der Waals surface area contributed by atoms with Gasteiger partial charge in [0.25, 0.3) is 0 Å². The molecule has 1 aromatic carbocycles. The van der Waals surface area contributed by atoms with E-state index in [9.17, 15) is 4.79 Å². The maximum atomic E-state index is 12.6. The molecule has 1 aliphatic heterocycles. The third-order valence-corrected chi connectivity index (χ3v) is 5.37. The van der Waals surface area contributed by atoms with Crippen LogP contribution in [0, 0.1) is 13.8 Å². The molecule has 0 radical (unpaired) electrons. The molecule has 0 bridgehead atoms. The van der Waals surface area contributed by atoms with Crippen molar-refractivity contribution >= 4 is 11.0 Å². The lowest BCUT2D eigenvalue weighted by molar-refractivity contribution is 0.415. The number of fused-ring (bicyclic) bond motifs is 1. The van der Waals surface area contributed by atoms with Gasteiger partial charge in [0.1, 0.15) is 11.4 Å². The zero-order valence-corrected chi connectivity index (χ0v) is 16.1. The van der Waals surface area contributed by atoms with Gasteiger partial charge < -0.3 is 15.0 Å². The van der Waals surface area contributed by atoms with Gasteiger partial charge in [-0.1, -0.05) is 6.07 Å². The number of nitrogens with zero attached hydrogens (tertiary/aromatic N) is 1. The highest BCUT2D eigenvalue weighted by Crippen LogP contribution is 2.34. The minimum atomic E-state index is 0.0240. The molecule has 2 aromatic heterocycles. The first-order valence-electron chi connectivity index (χ1n) is 9.47. The Hall–Kier alpha value is -2.66. The van der Waals surface area contributed by atoms with E-state index in [2.05, 4.69) is 30.2 Å². The summed E-state index contributed by atoms with van der Waals surface area (Å²) in [6.07, 6.45) is 2.21. The van der Waals surface area contributed by atoms with E-state index < -0.39 is 0 Å². The molecule has 1 fully saturated rings. The largest absolute Gasteiger partial charge is 0.496 e. The molecule has 140 valence electrons. The van der Waals surface area contributed by atoms with E-state index in [4.69, 9.17) is 9.72 Å². The van der Waals surface area contributed by atoms with Crippen LogP contribution in [0.25, 0.3) is 22.3 Å². The predicted octanol–water partition coefficient (Wildman–Crippen LogP) is 3.68. The fourth-order valence-corrected chi connectivity index (χ4v) is 4.04. The number of methoxy groups -OCH3 is 1. The second-order valence-corrected chi connectivity index (χ2v) is 7.38. The second-order valence-electron chi connectivity index (χ2n) is 7.38. The third-order valence-electron chi connectivity index (χ3n) is 5.37. The van der Waals surface area contributed by atoms with Crippen molar-refractivity contribution < 1.29 is 4.74 Å². The fraction of sp³-hybridized carbons (Fsp3) is 0.364. The maximum absolute atomic E-state index is 12.6. The summed E-state index contributed by atoms with van der Waals surface area (Å²) in [5.74, 6) is 1.13. The van der Waals surface area contributed by atoms with Gasteiger partial charge in [0.2, 0.25) is 0 Å². The minimum Gasteiger partial charge on any atom is -0.496 e. The Labute approximate surface area is 158 Å². The number of hydrogen-bond acceptors (Lipinski definition) is 4. The zero-order chi connectivity index (χ0) is 19.0. The predicted molar refractivity (Wildman–Crippen MR) is 109 cm³/mol. The number of pyridine rings is 2. The molecule has 5 nitrogen and oxygen atoms in total. The Bertz CT molecular complexity index is 1050. The summed E-state index contributed by atoms with van der Waals surface area (Å²) in [5.41, 5.74) is 5.67. The molecular formula is C22H25N3O2. The van der Waals surface area contributed by atoms with Gasteiger partial charge >= 0.3 is 0 Å². The van der Waals surface area contributed by atoms with E-state index in [1.807, 2.05) is 18.2 Å². The van der Waals surface area contributed by atoms with Crippen LogP contribution >= 0.6 is 0 Å². The quantitative estimate of drug-likeness (QED) is 0.745. The highest BCUT2D eigenvalue weighted by atomic mass is 16.5. The van der Waals surface area contributed by atoms with Crippen LogP contribution in [0.15, 0.2) is 35.1 Å². The van der Waals surface area contributed by atoms with Gasteiger partial charge in [-0.05, 0) is 62.6 Å². The van der Waals surface area contributed by atoms with Crippen LogP contribution in [0.4, 0.5) is 0 Å². The number of aromatic nitrogens is 2. The van der Waals surface area contributed by atoms with E-state index in [1.165, 1.54) is 0 Å². The molecular weight excluding hydrogens is 338 g/mol. The average molecular weight is 363 g/mol. The highest BCUT2D eigenvalue weighted by molar-refractivity contribution is 5.81. The summed E-state index contributed by atoms with van der Waals surface area (Å²) in [7, 11) is 1.68. The van der Waals surface area contributed by atoms with E-state index in [0.717, 1.165) is 59.8 Å². The number of hydrogen-bond donors (Lipinski definition) is 2. The van der Waals surface area contributed by atoms with Crippen LogP contribution in [0.1, 0.15) is 35.6 Å². The standard InChI is InChI=1S/C22H25N3O2/c1-13-9-14(2)21(20(10-13)27-3)17-7-6-16-19(26)11-18(25-22(16)24-17)15-5-4-8-23-12-15/h6-7,9-11,15,23H,4-5,8,12H2,1-3H3,(H,24,25,26). The Kier molecular flexibility index (Phi) is 4.70. The number of piperidine rings is 1. The fourth-order valence-electron chi connectivity index (χ4n) is 4.04. The lowest BCUT2D eigenvalue weighted by Crippen LogP contribution is -2.29. The smallest absolute Gasteiger partial charge is 0.191 e. The van der Waals surface area contributed by atoms with E-state index >= 15 is 0 Å². The number of benzene rings is 1. The summed E-state index contributed by atoms with van der Waals surface area (Å²) >= 11 is 0. The molecule has 1 atom stereocenters. The van der Waals surface area contributed by atoms with Crippen molar-refractivity contribution in [3.8, 4) is 17.0 Å². The summed E-state index contributed by atoms with van der Waals surface area (Å²) in [5, 5.41) is 4.03. The highest BCUT2D eigenvalue weighted by Gasteiger charge is 2.18. The monoisotopic (exact) mass is 363 g/mol. The van der Waals surface area contributed by atoms with Crippen LogP contribution in [0.5, 0.6) is 5.75 Å². The number of ether oxygens (including phenoxy) is 1. The molecule has 2 N–H and O–H groups in total. The Morgan fingerprint density at radius 1 is 1.19 bits per heavy atom. The van der Waals surface area contributed by atoms with Crippen molar-refractivity contribution in [2.75, 3.05) is 20.2 Å². The van der Waals surface area contributed by atoms with Gasteiger partial charge in [-0.15, -0.1) is 0 Å². The van der Waals surface area contributed by atoms with Crippen LogP contribution in [0.2, 0.25) is 0 Å². The topological polar surface area (TPSA) is 67.0 Å². The maximum Gasteiger partial charge on any atom is 0.191 e. The zero-order valence-electron chi connectivity index (χ0n) is 16.1.